The Labute approximate surface area is 109 Å². The molecule has 0 spiro atoms. The minimum Gasteiger partial charge on any atom is -0.496 e. The fraction of sp³-hybridized carbons (Fsp3) is 0.167. The van der Waals surface area contributed by atoms with Gasteiger partial charge in [-0.25, -0.2) is 4.98 Å². The summed E-state index contributed by atoms with van der Waals surface area (Å²) in [7, 11) is 1.61. The number of aromatic nitrogens is 2. The van der Waals surface area contributed by atoms with Crippen molar-refractivity contribution in [2.24, 2.45) is 0 Å². The second kappa shape index (κ2) is 5.55. The van der Waals surface area contributed by atoms with Crippen LogP contribution >= 0.6 is 11.6 Å². The number of methoxy groups -OCH3 is 1. The Balaban J connectivity index is 2.16. The summed E-state index contributed by atoms with van der Waals surface area (Å²) in [6, 6.07) is 7.59. The van der Waals surface area contributed by atoms with E-state index in [0.29, 0.717) is 12.4 Å². The van der Waals surface area contributed by atoms with Crippen LogP contribution in [0.25, 0.3) is 0 Å². The van der Waals surface area contributed by atoms with E-state index in [2.05, 4.69) is 15.3 Å². The Kier molecular flexibility index (Phi) is 3.84. The third-order valence-corrected chi connectivity index (χ3v) is 2.79. The summed E-state index contributed by atoms with van der Waals surface area (Å²) in [5, 5.41) is 3.05. The number of aromatic amines is 1. The molecule has 6 heteroatoms. The first kappa shape index (κ1) is 12.4. The van der Waals surface area contributed by atoms with E-state index in [4.69, 9.17) is 16.3 Å². The average molecular weight is 266 g/mol. The second-order valence-electron chi connectivity index (χ2n) is 3.56. The fourth-order valence-corrected chi connectivity index (χ4v) is 1.70. The lowest BCUT2D eigenvalue weighted by molar-refractivity contribution is 0.410. The topological polar surface area (TPSA) is 67.0 Å². The molecular weight excluding hydrogens is 254 g/mol. The van der Waals surface area contributed by atoms with Gasteiger partial charge < -0.3 is 15.0 Å². The van der Waals surface area contributed by atoms with E-state index in [-0.39, 0.29) is 10.6 Å². The van der Waals surface area contributed by atoms with Crippen LogP contribution in [-0.4, -0.2) is 17.1 Å². The summed E-state index contributed by atoms with van der Waals surface area (Å²) in [5.41, 5.74) is 0.590. The van der Waals surface area contributed by atoms with Gasteiger partial charge in [0.1, 0.15) is 10.8 Å². The van der Waals surface area contributed by atoms with Gasteiger partial charge in [-0.15, -0.1) is 0 Å². The molecule has 0 aliphatic heterocycles. The highest BCUT2D eigenvalue weighted by molar-refractivity contribution is 6.32. The van der Waals surface area contributed by atoms with Crippen LogP contribution in [0, 0.1) is 0 Å². The maximum absolute atomic E-state index is 11.3. The summed E-state index contributed by atoms with van der Waals surface area (Å²) in [4.78, 5) is 17.6. The van der Waals surface area contributed by atoms with Crippen molar-refractivity contribution in [3.8, 4) is 5.75 Å². The van der Waals surface area contributed by atoms with Crippen LogP contribution in [0.15, 0.2) is 35.4 Å². The molecule has 2 aromatic rings. The Morgan fingerprint density at radius 1 is 1.44 bits per heavy atom. The van der Waals surface area contributed by atoms with E-state index in [1.54, 1.807) is 7.11 Å². The van der Waals surface area contributed by atoms with Crippen molar-refractivity contribution in [3.63, 3.8) is 0 Å². The number of H-pyrrole nitrogens is 1. The highest BCUT2D eigenvalue weighted by Crippen LogP contribution is 2.19. The summed E-state index contributed by atoms with van der Waals surface area (Å²) < 4.78 is 5.23. The van der Waals surface area contributed by atoms with Crippen LogP contribution < -0.4 is 15.6 Å². The maximum Gasteiger partial charge on any atom is 0.271 e. The first-order valence-electron chi connectivity index (χ1n) is 5.31. The van der Waals surface area contributed by atoms with Crippen LogP contribution in [-0.2, 0) is 6.54 Å². The monoisotopic (exact) mass is 265 g/mol. The molecular formula is C12H12ClN3O2. The van der Waals surface area contributed by atoms with Gasteiger partial charge in [-0.05, 0) is 6.07 Å². The molecule has 0 saturated carbocycles. The molecule has 0 fully saturated rings. The van der Waals surface area contributed by atoms with Gasteiger partial charge in [0.05, 0.1) is 13.4 Å². The molecule has 18 heavy (non-hydrogen) atoms. The first-order valence-corrected chi connectivity index (χ1v) is 5.69. The molecule has 2 rings (SSSR count). The zero-order valence-electron chi connectivity index (χ0n) is 9.74. The third kappa shape index (κ3) is 2.62. The van der Waals surface area contributed by atoms with Crippen LogP contribution in [0.3, 0.4) is 0 Å². The average Bonchev–Trinajstić information content (AvgIpc) is 2.41. The minimum absolute atomic E-state index is 0.0485. The van der Waals surface area contributed by atoms with Gasteiger partial charge in [-0.2, -0.15) is 0 Å². The van der Waals surface area contributed by atoms with Crippen LogP contribution in [0.4, 0.5) is 5.82 Å². The number of anilines is 1. The standard InChI is InChI=1S/C12H12ClN3O2/c1-18-9-5-3-2-4-8(9)6-14-11-10(13)12(17)16-7-15-11/h2-5,7H,6H2,1H3,(H2,14,15,16,17). The van der Waals surface area contributed by atoms with Crippen LogP contribution in [0.1, 0.15) is 5.56 Å². The van der Waals surface area contributed by atoms with Gasteiger partial charge in [0, 0.05) is 12.1 Å². The maximum atomic E-state index is 11.3. The third-order valence-electron chi connectivity index (χ3n) is 2.44. The number of nitrogens with one attached hydrogen (secondary N) is 2. The normalized spacial score (nSPS) is 10.1. The number of nitrogens with zero attached hydrogens (tertiary/aromatic N) is 1. The molecule has 2 N–H and O–H groups in total. The van der Waals surface area contributed by atoms with Crippen molar-refractivity contribution in [2.75, 3.05) is 12.4 Å². The highest BCUT2D eigenvalue weighted by atomic mass is 35.5. The van der Waals surface area contributed by atoms with Crippen molar-refractivity contribution in [1.29, 1.82) is 0 Å². The van der Waals surface area contributed by atoms with Crippen LogP contribution in [0.5, 0.6) is 5.75 Å². The fourth-order valence-electron chi connectivity index (χ4n) is 1.53. The molecule has 1 heterocycles. The Morgan fingerprint density at radius 3 is 3.00 bits per heavy atom. The number of halogens is 1. The number of ether oxygens (including phenoxy) is 1. The molecule has 0 radical (unpaired) electrons. The lowest BCUT2D eigenvalue weighted by Gasteiger charge is -2.10. The molecule has 1 aromatic carbocycles. The zero-order valence-corrected chi connectivity index (χ0v) is 10.5. The number of para-hydroxylation sites is 1. The number of benzene rings is 1. The zero-order chi connectivity index (χ0) is 13.0. The van der Waals surface area contributed by atoms with Crippen molar-refractivity contribution in [3.05, 3.63) is 51.5 Å². The number of hydrogen-bond donors (Lipinski definition) is 2. The highest BCUT2D eigenvalue weighted by Gasteiger charge is 2.06. The summed E-state index contributed by atoms with van der Waals surface area (Å²) in [5.74, 6) is 1.12. The van der Waals surface area contributed by atoms with E-state index in [1.807, 2.05) is 24.3 Å². The molecule has 0 aliphatic rings. The summed E-state index contributed by atoms with van der Waals surface area (Å²) in [6.45, 7) is 0.472. The molecule has 0 bridgehead atoms. The molecule has 0 unspecified atom stereocenters. The number of hydrogen-bond acceptors (Lipinski definition) is 4. The van der Waals surface area contributed by atoms with Gasteiger partial charge in [-0.1, -0.05) is 29.8 Å². The van der Waals surface area contributed by atoms with Gasteiger partial charge in [0.15, 0.2) is 5.82 Å². The van der Waals surface area contributed by atoms with Crippen molar-refractivity contribution in [2.45, 2.75) is 6.54 Å². The lowest BCUT2D eigenvalue weighted by atomic mass is 10.2. The molecule has 0 amide bonds. The van der Waals surface area contributed by atoms with Gasteiger partial charge in [0.25, 0.3) is 5.56 Å². The minimum atomic E-state index is -0.366. The molecule has 0 saturated heterocycles. The van der Waals surface area contributed by atoms with Crippen LogP contribution in [0.2, 0.25) is 5.02 Å². The molecule has 0 atom stereocenters. The van der Waals surface area contributed by atoms with Crippen molar-refractivity contribution in [1.82, 2.24) is 9.97 Å². The Morgan fingerprint density at radius 2 is 2.22 bits per heavy atom. The van der Waals surface area contributed by atoms with Crippen molar-refractivity contribution < 1.29 is 4.74 Å². The van der Waals surface area contributed by atoms with Gasteiger partial charge >= 0.3 is 0 Å². The SMILES string of the molecule is COc1ccccc1CNc1nc[nH]c(=O)c1Cl. The molecule has 1 aromatic heterocycles. The van der Waals surface area contributed by atoms with Gasteiger partial charge in [-0.3, -0.25) is 4.79 Å². The quantitative estimate of drug-likeness (QED) is 0.888. The molecule has 94 valence electrons. The lowest BCUT2D eigenvalue weighted by Crippen LogP contribution is -2.12. The largest absolute Gasteiger partial charge is 0.496 e. The predicted molar refractivity (Wildman–Crippen MR) is 70.2 cm³/mol. The van der Waals surface area contributed by atoms with E-state index in [0.717, 1.165) is 11.3 Å². The number of rotatable bonds is 4. The second-order valence-corrected chi connectivity index (χ2v) is 3.94. The summed E-state index contributed by atoms with van der Waals surface area (Å²) in [6.07, 6.45) is 1.30. The van der Waals surface area contributed by atoms with Crippen molar-refractivity contribution >= 4 is 17.4 Å². The van der Waals surface area contributed by atoms with Gasteiger partial charge in [0.2, 0.25) is 0 Å². The first-order chi connectivity index (χ1) is 8.72. The summed E-state index contributed by atoms with van der Waals surface area (Å²) >= 11 is 5.83. The Bertz CT molecular complexity index is 598. The van der Waals surface area contributed by atoms with E-state index in [9.17, 15) is 4.79 Å². The Hall–Kier alpha value is -2.01. The smallest absolute Gasteiger partial charge is 0.271 e. The van der Waals surface area contributed by atoms with E-state index < -0.39 is 0 Å². The molecule has 0 aliphatic carbocycles. The molecule has 5 nitrogen and oxygen atoms in total. The predicted octanol–water partition coefficient (Wildman–Crippen LogP) is 2.04. The van der Waals surface area contributed by atoms with E-state index in [1.165, 1.54) is 6.33 Å². The van der Waals surface area contributed by atoms with E-state index >= 15 is 0 Å².